The number of carbonyl (C=O) groups is 1. The molecule has 1 aliphatic rings. The number of nitrogens with zero attached hydrogens (tertiary/aromatic N) is 2. The number of oxazole rings is 1. The van der Waals surface area contributed by atoms with E-state index in [1.54, 1.807) is 23.1 Å². The Morgan fingerprint density at radius 1 is 1.25 bits per heavy atom. The fraction of sp³-hybridized carbons (Fsp3) is 0.467. The van der Waals surface area contributed by atoms with Crippen LogP contribution in [0.1, 0.15) is 23.7 Å². The molecule has 24 heavy (non-hydrogen) atoms. The molecule has 0 saturated carbocycles. The molecule has 1 fully saturated rings. The fourth-order valence-corrected chi connectivity index (χ4v) is 4.32. The summed E-state index contributed by atoms with van der Waals surface area (Å²) in [6.45, 7) is 3.13. The summed E-state index contributed by atoms with van der Waals surface area (Å²) in [6, 6.07) is 4.74. The number of benzene rings is 1. The van der Waals surface area contributed by atoms with Crippen LogP contribution in [0.3, 0.4) is 0 Å². The highest BCUT2D eigenvalue weighted by molar-refractivity contribution is 7.89. The molecule has 1 N–H and O–H groups in total. The zero-order valence-corrected chi connectivity index (χ0v) is 14.1. The summed E-state index contributed by atoms with van der Waals surface area (Å²) in [6.07, 6.45) is 0.574. The van der Waals surface area contributed by atoms with Crippen molar-refractivity contribution in [3.8, 4) is 0 Å². The summed E-state index contributed by atoms with van der Waals surface area (Å²) in [5.41, 5.74) is 1.30. The molecule has 0 bridgehead atoms. The van der Waals surface area contributed by atoms with Crippen LogP contribution in [0.4, 0.5) is 0 Å². The third-order valence-electron chi connectivity index (χ3n) is 4.05. The average Bonchev–Trinajstić information content (AvgIpc) is 2.93. The molecule has 0 spiro atoms. The van der Waals surface area contributed by atoms with Crippen molar-refractivity contribution in [2.24, 2.45) is 0 Å². The largest absolute Gasteiger partial charge is 0.417 e. The van der Waals surface area contributed by atoms with Gasteiger partial charge in [0.15, 0.2) is 5.58 Å². The lowest BCUT2D eigenvalue weighted by Crippen LogP contribution is -2.51. The van der Waals surface area contributed by atoms with E-state index in [0.717, 1.165) is 0 Å². The number of hydrogen-bond acceptors (Lipinski definition) is 5. The third kappa shape index (κ3) is 3.22. The van der Waals surface area contributed by atoms with Crippen molar-refractivity contribution in [1.82, 2.24) is 14.2 Å². The van der Waals surface area contributed by atoms with Crippen LogP contribution in [-0.4, -0.2) is 60.4 Å². The Bertz CT molecular complexity index is 907. The molecule has 130 valence electrons. The molecule has 1 aromatic heterocycles. The summed E-state index contributed by atoms with van der Waals surface area (Å²) >= 11 is 0. The molecule has 1 aromatic carbocycles. The monoisotopic (exact) mass is 353 g/mol. The molecule has 0 radical (unpaired) electrons. The number of hydrogen-bond donors (Lipinski definition) is 1. The van der Waals surface area contributed by atoms with Gasteiger partial charge in [0.1, 0.15) is 0 Å². The lowest BCUT2D eigenvalue weighted by atomic mass is 10.1. The number of aromatic nitrogens is 1. The molecule has 2 aromatic rings. The number of sulfonamides is 1. The number of nitrogens with one attached hydrogen (secondary N) is 1. The molecule has 1 aliphatic heterocycles. The van der Waals surface area contributed by atoms with Crippen LogP contribution < -0.4 is 5.76 Å². The maximum absolute atomic E-state index is 12.6. The van der Waals surface area contributed by atoms with Gasteiger partial charge in [-0.15, -0.1) is 0 Å². The molecule has 1 saturated heterocycles. The van der Waals surface area contributed by atoms with Crippen LogP contribution in [0.2, 0.25) is 0 Å². The molecule has 3 rings (SSSR count). The Balaban J connectivity index is 1.71. The van der Waals surface area contributed by atoms with E-state index in [-0.39, 0.29) is 11.7 Å². The molecular weight excluding hydrogens is 334 g/mol. The Labute approximate surface area is 139 Å². The van der Waals surface area contributed by atoms with Crippen molar-refractivity contribution < 1.29 is 17.6 Å². The molecule has 0 atom stereocenters. The smallest absolute Gasteiger partial charge is 0.408 e. The van der Waals surface area contributed by atoms with Gasteiger partial charge in [-0.05, 0) is 24.6 Å². The second-order valence-corrected chi connectivity index (χ2v) is 7.82. The van der Waals surface area contributed by atoms with Gasteiger partial charge < -0.3 is 9.32 Å². The first kappa shape index (κ1) is 16.7. The summed E-state index contributed by atoms with van der Waals surface area (Å²) < 4.78 is 30.5. The lowest BCUT2D eigenvalue weighted by molar-refractivity contribution is 0.0698. The van der Waals surface area contributed by atoms with Crippen LogP contribution in [-0.2, 0) is 10.0 Å². The van der Waals surface area contributed by atoms with Crippen LogP contribution in [0, 0.1) is 0 Å². The van der Waals surface area contributed by atoms with Gasteiger partial charge in [-0.2, -0.15) is 4.31 Å². The minimum Gasteiger partial charge on any atom is -0.408 e. The number of fused-ring (bicyclic) bond motifs is 1. The standard InChI is InChI=1S/C15H19N3O5S/c1-2-9-24(21,22)18-7-5-17(6-8-18)14(19)11-3-4-13-12(10-11)16-15(20)23-13/h3-4,10H,2,5-9H2,1H3,(H,16,20). The van der Waals surface area contributed by atoms with Crippen LogP contribution in [0.25, 0.3) is 11.1 Å². The Kier molecular flexibility index (Phi) is 4.46. The first-order valence-corrected chi connectivity index (χ1v) is 9.41. The lowest BCUT2D eigenvalue weighted by Gasteiger charge is -2.34. The average molecular weight is 353 g/mol. The zero-order valence-electron chi connectivity index (χ0n) is 13.3. The van der Waals surface area contributed by atoms with Crippen molar-refractivity contribution in [3.63, 3.8) is 0 Å². The highest BCUT2D eigenvalue weighted by Gasteiger charge is 2.28. The highest BCUT2D eigenvalue weighted by Crippen LogP contribution is 2.16. The number of aromatic amines is 1. The van der Waals surface area contributed by atoms with Crippen molar-refractivity contribution >= 4 is 27.0 Å². The summed E-state index contributed by atoms with van der Waals surface area (Å²) in [7, 11) is -3.23. The van der Waals surface area contributed by atoms with Crippen LogP contribution in [0.5, 0.6) is 0 Å². The maximum atomic E-state index is 12.6. The van der Waals surface area contributed by atoms with E-state index in [1.165, 1.54) is 4.31 Å². The van der Waals surface area contributed by atoms with Gasteiger partial charge in [0.05, 0.1) is 11.3 Å². The number of piperazine rings is 1. The van der Waals surface area contributed by atoms with Crippen LogP contribution >= 0.6 is 0 Å². The van der Waals surface area contributed by atoms with Gasteiger partial charge >= 0.3 is 5.76 Å². The molecule has 8 nitrogen and oxygen atoms in total. The topological polar surface area (TPSA) is 104 Å². The third-order valence-corrected chi connectivity index (χ3v) is 6.12. The predicted molar refractivity (Wildman–Crippen MR) is 88.4 cm³/mol. The first-order chi connectivity index (χ1) is 11.4. The molecule has 0 aliphatic carbocycles. The highest BCUT2D eigenvalue weighted by atomic mass is 32.2. The van der Waals surface area contributed by atoms with Crippen molar-refractivity contribution in [3.05, 3.63) is 34.3 Å². The van der Waals surface area contributed by atoms with Gasteiger partial charge in [-0.3, -0.25) is 9.78 Å². The Morgan fingerprint density at radius 3 is 2.62 bits per heavy atom. The molecular formula is C15H19N3O5S. The molecule has 2 heterocycles. The zero-order chi connectivity index (χ0) is 17.3. The van der Waals surface area contributed by atoms with Gasteiger partial charge in [-0.1, -0.05) is 6.92 Å². The number of amides is 1. The van der Waals surface area contributed by atoms with E-state index >= 15 is 0 Å². The van der Waals surface area contributed by atoms with E-state index in [4.69, 9.17) is 4.42 Å². The second-order valence-electron chi connectivity index (χ2n) is 5.73. The summed E-state index contributed by atoms with van der Waals surface area (Å²) in [5.74, 6) is -0.623. The van der Waals surface area contributed by atoms with E-state index in [1.807, 2.05) is 6.92 Å². The first-order valence-electron chi connectivity index (χ1n) is 7.80. The van der Waals surface area contributed by atoms with Gasteiger partial charge in [0.2, 0.25) is 10.0 Å². The van der Waals surface area contributed by atoms with Gasteiger partial charge in [0, 0.05) is 31.7 Å². The van der Waals surface area contributed by atoms with Gasteiger partial charge in [0.25, 0.3) is 5.91 Å². The second kappa shape index (κ2) is 6.40. The minimum atomic E-state index is -3.23. The molecule has 1 amide bonds. The Hall–Kier alpha value is -2.13. The maximum Gasteiger partial charge on any atom is 0.417 e. The normalized spacial score (nSPS) is 16.6. The summed E-state index contributed by atoms with van der Waals surface area (Å²) in [4.78, 5) is 27.9. The number of rotatable bonds is 4. The minimum absolute atomic E-state index is 0.130. The van der Waals surface area contributed by atoms with E-state index in [9.17, 15) is 18.0 Å². The quantitative estimate of drug-likeness (QED) is 0.868. The Morgan fingerprint density at radius 2 is 1.96 bits per heavy atom. The SMILES string of the molecule is CCCS(=O)(=O)N1CCN(C(=O)c2ccc3oc(=O)[nH]c3c2)CC1. The molecule has 9 heteroatoms. The summed E-state index contributed by atoms with van der Waals surface area (Å²) in [5, 5.41) is 0. The van der Waals surface area contributed by atoms with Crippen molar-refractivity contribution in [2.45, 2.75) is 13.3 Å². The van der Waals surface area contributed by atoms with Crippen LogP contribution in [0.15, 0.2) is 27.4 Å². The number of H-pyrrole nitrogens is 1. The van der Waals surface area contributed by atoms with E-state index in [0.29, 0.717) is 49.3 Å². The molecule has 0 unspecified atom stereocenters. The number of carbonyl (C=O) groups excluding carboxylic acids is 1. The van der Waals surface area contributed by atoms with E-state index < -0.39 is 15.8 Å². The van der Waals surface area contributed by atoms with Crippen molar-refractivity contribution in [1.29, 1.82) is 0 Å². The van der Waals surface area contributed by atoms with E-state index in [2.05, 4.69) is 4.98 Å². The van der Waals surface area contributed by atoms with Crippen molar-refractivity contribution in [2.75, 3.05) is 31.9 Å². The van der Waals surface area contributed by atoms with Gasteiger partial charge in [-0.25, -0.2) is 13.2 Å². The predicted octanol–water partition coefficient (Wildman–Crippen LogP) is 0.619. The fourth-order valence-electron chi connectivity index (χ4n) is 2.82.